The highest BCUT2D eigenvalue weighted by Gasteiger charge is 2.20. The Kier molecular flexibility index (Phi) is 4.65. The summed E-state index contributed by atoms with van der Waals surface area (Å²) in [5.74, 6) is 0.570. The lowest BCUT2D eigenvalue weighted by atomic mass is 9.96. The van der Waals surface area contributed by atoms with Gasteiger partial charge in [0.15, 0.2) is 0 Å². The summed E-state index contributed by atoms with van der Waals surface area (Å²) >= 11 is 0. The molecule has 3 nitrogen and oxygen atoms in total. The second-order valence-corrected chi connectivity index (χ2v) is 3.70. The molecule has 68 valence electrons. The zero-order valence-corrected chi connectivity index (χ0v) is 7.50. The Morgan fingerprint density at radius 3 is 2.36 bits per heavy atom. The fraction of sp³-hybridized carbons (Fsp3) is 1.00. The summed E-state index contributed by atoms with van der Waals surface area (Å²) in [7, 11) is 0. The minimum absolute atomic E-state index is 0.0142. The molecule has 0 saturated heterocycles. The van der Waals surface area contributed by atoms with Crippen molar-refractivity contribution in [1.82, 2.24) is 0 Å². The van der Waals surface area contributed by atoms with Crippen LogP contribution in [0.3, 0.4) is 0 Å². The predicted octanol–water partition coefficient (Wildman–Crippen LogP) is 1.66. The Morgan fingerprint density at radius 1 is 1.45 bits per heavy atom. The van der Waals surface area contributed by atoms with E-state index in [1.54, 1.807) is 6.92 Å². The van der Waals surface area contributed by atoms with Crippen molar-refractivity contribution in [2.45, 2.75) is 39.2 Å². The van der Waals surface area contributed by atoms with Crippen molar-refractivity contribution in [3.8, 4) is 0 Å². The van der Waals surface area contributed by atoms with E-state index >= 15 is 0 Å². The zero-order valence-electron chi connectivity index (χ0n) is 7.50. The first-order chi connectivity index (χ1) is 4.98. The number of hydrogen-bond donors (Lipinski definition) is 2. The molecule has 1 unspecified atom stereocenters. The molecule has 0 spiro atoms. The first-order valence-corrected chi connectivity index (χ1v) is 3.96. The van der Waals surface area contributed by atoms with Gasteiger partial charge in [-0.3, -0.25) is 5.26 Å². The van der Waals surface area contributed by atoms with Crippen LogP contribution in [-0.2, 0) is 4.89 Å². The summed E-state index contributed by atoms with van der Waals surface area (Å²) in [5.41, 5.74) is -0.890. The summed E-state index contributed by atoms with van der Waals surface area (Å²) in [6.45, 7) is 5.83. The molecule has 0 aliphatic rings. The summed E-state index contributed by atoms with van der Waals surface area (Å²) in [6, 6.07) is 0. The van der Waals surface area contributed by atoms with E-state index in [0.717, 1.165) is 6.42 Å². The van der Waals surface area contributed by atoms with Crippen molar-refractivity contribution in [3.05, 3.63) is 0 Å². The van der Waals surface area contributed by atoms with Gasteiger partial charge in [0.1, 0.15) is 6.61 Å². The lowest BCUT2D eigenvalue weighted by Gasteiger charge is -2.21. The van der Waals surface area contributed by atoms with Crippen LogP contribution in [0.5, 0.6) is 0 Å². The molecule has 2 N–H and O–H groups in total. The van der Waals surface area contributed by atoms with E-state index in [9.17, 15) is 5.11 Å². The second kappa shape index (κ2) is 4.70. The highest BCUT2D eigenvalue weighted by molar-refractivity contribution is 4.71. The molecule has 3 heteroatoms. The molecule has 0 aromatic rings. The summed E-state index contributed by atoms with van der Waals surface area (Å²) in [6.07, 6.45) is 1.60. The van der Waals surface area contributed by atoms with Gasteiger partial charge in [-0.25, -0.2) is 4.89 Å². The molecule has 0 amide bonds. The summed E-state index contributed by atoms with van der Waals surface area (Å²) < 4.78 is 0. The fourth-order valence-electron chi connectivity index (χ4n) is 0.811. The van der Waals surface area contributed by atoms with Gasteiger partial charge in [-0.15, -0.1) is 0 Å². The Balaban J connectivity index is 3.54. The lowest BCUT2D eigenvalue weighted by Crippen LogP contribution is -2.30. The SMILES string of the molecule is CC(C)CCC(C)(O)COO. The zero-order chi connectivity index (χ0) is 8.91. The largest absolute Gasteiger partial charge is 0.388 e. The highest BCUT2D eigenvalue weighted by Crippen LogP contribution is 2.15. The topological polar surface area (TPSA) is 49.7 Å². The van der Waals surface area contributed by atoms with Crippen LogP contribution in [0.15, 0.2) is 0 Å². The van der Waals surface area contributed by atoms with E-state index in [0.29, 0.717) is 12.3 Å². The smallest absolute Gasteiger partial charge is 0.110 e. The van der Waals surface area contributed by atoms with Gasteiger partial charge in [-0.1, -0.05) is 13.8 Å². The van der Waals surface area contributed by atoms with Crippen LogP contribution in [0.25, 0.3) is 0 Å². The molecule has 0 aliphatic heterocycles. The summed E-state index contributed by atoms with van der Waals surface area (Å²) in [4.78, 5) is 3.89. The van der Waals surface area contributed by atoms with E-state index in [-0.39, 0.29) is 6.61 Å². The molecule has 0 heterocycles. The third kappa shape index (κ3) is 6.28. The van der Waals surface area contributed by atoms with Gasteiger partial charge in [0.25, 0.3) is 0 Å². The Morgan fingerprint density at radius 2 is 2.00 bits per heavy atom. The van der Waals surface area contributed by atoms with Crippen molar-refractivity contribution >= 4 is 0 Å². The molecule has 0 bridgehead atoms. The Bertz CT molecular complexity index is 99.5. The predicted molar refractivity (Wildman–Crippen MR) is 43.3 cm³/mol. The molecule has 0 radical (unpaired) electrons. The molecule has 0 saturated carbocycles. The van der Waals surface area contributed by atoms with Crippen LogP contribution in [0.2, 0.25) is 0 Å². The van der Waals surface area contributed by atoms with Gasteiger partial charge in [0.2, 0.25) is 0 Å². The van der Waals surface area contributed by atoms with Crippen molar-refractivity contribution in [1.29, 1.82) is 0 Å². The van der Waals surface area contributed by atoms with Crippen molar-refractivity contribution in [2.75, 3.05) is 6.61 Å². The molecule has 11 heavy (non-hydrogen) atoms. The van der Waals surface area contributed by atoms with Crippen molar-refractivity contribution in [3.63, 3.8) is 0 Å². The third-order valence-corrected chi connectivity index (χ3v) is 1.64. The van der Waals surface area contributed by atoms with Crippen LogP contribution in [0, 0.1) is 5.92 Å². The van der Waals surface area contributed by atoms with Crippen LogP contribution in [0.1, 0.15) is 33.6 Å². The van der Waals surface area contributed by atoms with Gasteiger partial charge in [0.05, 0.1) is 5.60 Å². The average molecular weight is 162 g/mol. The number of hydrogen-bond acceptors (Lipinski definition) is 3. The standard InChI is InChI=1S/C8H18O3/c1-7(2)4-5-8(3,9)6-11-10/h7,9-10H,4-6H2,1-3H3. The van der Waals surface area contributed by atoms with Crippen LogP contribution in [-0.4, -0.2) is 22.6 Å². The molecule has 0 aromatic carbocycles. The molecule has 1 atom stereocenters. The molecular formula is C8H18O3. The van der Waals surface area contributed by atoms with E-state index < -0.39 is 5.60 Å². The number of rotatable bonds is 5. The van der Waals surface area contributed by atoms with Crippen molar-refractivity contribution in [2.24, 2.45) is 5.92 Å². The molecule has 0 aromatic heterocycles. The Labute approximate surface area is 67.9 Å². The first kappa shape index (κ1) is 10.9. The molecule has 0 rings (SSSR count). The lowest BCUT2D eigenvalue weighted by molar-refractivity contribution is -0.271. The molecular weight excluding hydrogens is 144 g/mol. The second-order valence-electron chi connectivity index (χ2n) is 3.70. The van der Waals surface area contributed by atoms with Crippen molar-refractivity contribution < 1.29 is 15.3 Å². The maximum absolute atomic E-state index is 9.48. The first-order valence-electron chi connectivity index (χ1n) is 3.96. The molecule has 0 fully saturated rings. The van der Waals surface area contributed by atoms with Gasteiger partial charge < -0.3 is 5.11 Å². The van der Waals surface area contributed by atoms with Crippen LogP contribution in [0.4, 0.5) is 0 Å². The fourth-order valence-corrected chi connectivity index (χ4v) is 0.811. The minimum atomic E-state index is -0.890. The van der Waals surface area contributed by atoms with Gasteiger partial charge >= 0.3 is 0 Å². The van der Waals surface area contributed by atoms with E-state index in [1.165, 1.54) is 0 Å². The Hall–Kier alpha value is -0.120. The normalized spacial score (nSPS) is 16.9. The maximum atomic E-state index is 9.48. The van der Waals surface area contributed by atoms with E-state index in [4.69, 9.17) is 5.26 Å². The highest BCUT2D eigenvalue weighted by atomic mass is 17.1. The number of aliphatic hydroxyl groups is 1. The van der Waals surface area contributed by atoms with E-state index in [2.05, 4.69) is 18.7 Å². The van der Waals surface area contributed by atoms with Crippen LogP contribution < -0.4 is 0 Å². The van der Waals surface area contributed by atoms with Gasteiger partial charge in [-0.2, -0.15) is 0 Å². The van der Waals surface area contributed by atoms with Gasteiger partial charge in [0, 0.05) is 0 Å². The quantitative estimate of drug-likeness (QED) is 0.477. The maximum Gasteiger partial charge on any atom is 0.110 e. The van der Waals surface area contributed by atoms with Gasteiger partial charge in [-0.05, 0) is 25.7 Å². The minimum Gasteiger partial charge on any atom is -0.388 e. The molecule has 0 aliphatic carbocycles. The van der Waals surface area contributed by atoms with E-state index in [1.807, 2.05) is 0 Å². The third-order valence-electron chi connectivity index (χ3n) is 1.64. The monoisotopic (exact) mass is 162 g/mol. The summed E-state index contributed by atoms with van der Waals surface area (Å²) in [5, 5.41) is 17.6. The average Bonchev–Trinajstić information content (AvgIpc) is 1.84. The van der Waals surface area contributed by atoms with Crippen LogP contribution >= 0.6 is 0 Å².